The third kappa shape index (κ3) is 3.28. The zero-order valence-electron chi connectivity index (χ0n) is 8.77. The predicted octanol–water partition coefficient (Wildman–Crippen LogP) is 2.03. The second-order valence-corrected chi connectivity index (χ2v) is 7.38. The molecule has 0 atom stereocenters. The van der Waals surface area contributed by atoms with Crippen molar-refractivity contribution in [3.05, 3.63) is 16.1 Å². The van der Waals surface area contributed by atoms with E-state index < -0.39 is 9.84 Å². The summed E-state index contributed by atoms with van der Waals surface area (Å²) in [6, 6.07) is 0. The van der Waals surface area contributed by atoms with Gasteiger partial charge in [0, 0.05) is 11.1 Å². The van der Waals surface area contributed by atoms with Crippen LogP contribution in [0.4, 0.5) is 0 Å². The van der Waals surface area contributed by atoms with Crippen molar-refractivity contribution in [1.82, 2.24) is 4.98 Å². The van der Waals surface area contributed by atoms with Crippen LogP contribution in [-0.2, 0) is 22.0 Å². The van der Waals surface area contributed by atoms with E-state index in [1.54, 1.807) is 6.20 Å². The van der Waals surface area contributed by atoms with Crippen molar-refractivity contribution in [3.8, 4) is 0 Å². The van der Waals surface area contributed by atoms with E-state index in [0.717, 1.165) is 29.1 Å². The van der Waals surface area contributed by atoms with Crippen LogP contribution in [0.2, 0.25) is 0 Å². The van der Waals surface area contributed by atoms with Gasteiger partial charge in [-0.1, -0.05) is 6.92 Å². The van der Waals surface area contributed by atoms with Gasteiger partial charge in [0.2, 0.25) is 0 Å². The van der Waals surface area contributed by atoms with E-state index in [1.165, 1.54) is 11.3 Å². The average molecular weight is 245 g/mol. The molecule has 1 aliphatic carbocycles. The van der Waals surface area contributed by atoms with E-state index >= 15 is 0 Å². The first-order valence-electron chi connectivity index (χ1n) is 5.23. The lowest BCUT2D eigenvalue weighted by Gasteiger charge is -1.99. The molecule has 0 N–H and O–H groups in total. The quantitative estimate of drug-likeness (QED) is 0.797. The van der Waals surface area contributed by atoms with Crippen molar-refractivity contribution in [2.75, 3.05) is 5.75 Å². The van der Waals surface area contributed by atoms with Crippen LogP contribution in [0.5, 0.6) is 0 Å². The fourth-order valence-electron chi connectivity index (χ4n) is 1.50. The Labute approximate surface area is 94.5 Å². The van der Waals surface area contributed by atoms with E-state index in [9.17, 15) is 8.42 Å². The first-order valence-corrected chi connectivity index (χ1v) is 7.87. The second-order valence-electron chi connectivity index (χ2n) is 4.07. The molecule has 0 amide bonds. The predicted molar refractivity (Wildman–Crippen MR) is 61.7 cm³/mol. The van der Waals surface area contributed by atoms with Crippen LogP contribution in [0.25, 0.3) is 0 Å². The Kier molecular flexibility index (Phi) is 3.11. The molecular weight excluding hydrogens is 230 g/mol. The molecular formula is C10H15NO2S2. The summed E-state index contributed by atoms with van der Waals surface area (Å²) in [6.07, 6.45) is 4.76. The summed E-state index contributed by atoms with van der Waals surface area (Å²) in [6.45, 7) is 2.03. The molecule has 0 aromatic carbocycles. The lowest BCUT2D eigenvalue weighted by Crippen LogP contribution is -2.09. The van der Waals surface area contributed by atoms with Crippen molar-refractivity contribution in [3.63, 3.8) is 0 Å². The van der Waals surface area contributed by atoms with Crippen LogP contribution in [0, 0.1) is 5.92 Å². The highest BCUT2D eigenvalue weighted by Gasteiger charge is 2.28. The monoisotopic (exact) mass is 245 g/mol. The second kappa shape index (κ2) is 4.22. The number of aromatic nitrogens is 1. The van der Waals surface area contributed by atoms with Crippen LogP contribution in [0.15, 0.2) is 6.20 Å². The molecule has 15 heavy (non-hydrogen) atoms. The van der Waals surface area contributed by atoms with Crippen molar-refractivity contribution < 1.29 is 8.42 Å². The fraction of sp³-hybridized carbons (Fsp3) is 0.700. The van der Waals surface area contributed by atoms with Crippen molar-refractivity contribution in [1.29, 1.82) is 0 Å². The Morgan fingerprint density at radius 2 is 2.27 bits per heavy atom. The van der Waals surface area contributed by atoms with E-state index in [2.05, 4.69) is 4.98 Å². The molecule has 3 nitrogen and oxygen atoms in total. The SMILES string of the molecule is CCc1ncc(CS(=O)(=O)CC2CC2)s1. The molecule has 2 rings (SSSR count). The number of rotatable bonds is 5. The van der Waals surface area contributed by atoms with Crippen LogP contribution >= 0.6 is 11.3 Å². The molecule has 1 aromatic rings. The smallest absolute Gasteiger partial charge is 0.155 e. The van der Waals surface area contributed by atoms with Gasteiger partial charge in [-0.3, -0.25) is 0 Å². The van der Waals surface area contributed by atoms with E-state index in [4.69, 9.17) is 0 Å². The molecule has 84 valence electrons. The highest BCUT2D eigenvalue weighted by Crippen LogP contribution is 2.31. The number of aryl methyl sites for hydroxylation is 1. The number of sulfone groups is 1. The Morgan fingerprint density at radius 3 is 2.80 bits per heavy atom. The Morgan fingerprint density at radius 1 is 1.53 bits per heavy atom. The van der Waals surface area contributed by atoms with Gasteiger partial charge >= 0.3 is 0 Å². The highest BCUT2D eigenvalue weighted by molar-refractivity contribution is 7.90. The molecule has 0 saturated heterocycles. The standard InChI is InChI=1S/C10H15NO2S2/c1-2-10-11-5-9(14-10)7-15(12,13)6-8-3-4-8/h5,8H,2-4,6-7H2,1H3. The number of thiazole rings is 1. The summed E-state index contributed by atoms with van der Waals surface area (Å²) >= 11 is 1.52. The maximum absolute atomic E-state index is 11.7. The lowest BCUT2D eigenvalue weighted by atomic mass is 10.5. The molecule has 5 heteroatoms. The molecule has 0 aliphatic heterocycles. The van der Waals surface area contributed by atoms with Gasteiger partial charge in [0.05, 0.1) is 16.5 Å². The first kappa shape index (κ1) is 11.1. The number of hydrogen-bond donors (Lipinski definition) is 0. The van der Waals surface area contributed by atoms with Crippen molar-refractivity contribution >= 4 is 21.2 Å². The van der Waals surface area contributed by atoms with Gasteiger partial charge < -0.3 is 0 Å². The molecule has 1 aromatic heterocycles. The zero-order chi connectivity index (χ0) is 10.9. The third-order valence-corrected chi connectivity index (χ3v) is 5.51. The summed E-state index contributed by atoms with van der Waals surface area (Å²) in [5.41, 5.74) is 0. The normalized spacial score (nSPS) is 16.9. The van der Waals surface area contributed by atoms with E-state index in [-0.39, 0.29) is 5.75 Å². The minimum Gasteiger partial charge on any atom is -0.249 e. The van der Waals surface area contributed by atoms with Gasteiger partial charge in [-0.2, -0.15) is 0 Å². The summed E-state index contributed by atoms with van der Waals surface area (Å²) in [5, 5.41) is 1.02. The largest absolute Gasteiger partial charge is 0.249 e. The molecule has 1 fully saturated rings. The topological polar surface area (TPSA) is 47.0 Å². The molecule has 0 bridgehead atoms. The van der Waals surface area contributed by atoms with Gasteiger partial charge in [0.25, 0.3) is 0 Å². The number of nitrogens with zero attached hydrogens (tertiary/aromatic N) is 1. The van der Waals surface area contributed by atoms with Crippen LogP contribution < -0.4 is 0 Å². The van der Waals surface area contributed by atoms with Crippen LogP contribution in [-0.4, -0.2) is 19.2 Å². The molecule has 0 spiro atoms. The lowest BCUT2D eigenvalue weighted by molar-refractivity contribution is 0.592. The highest BCUT2D eigenvalue weighted by atomic mass is 32.2. The average Bonchev–Trinajstić information content (AvgIpc) is 2.82. The minimum atomic E-state index is -2.90. The Balaban J connectivity index is 2.00. The van der Waals surface area contributed by atoms with Crippen molar-refractivity contribution in [2.24, 2.45) is 5.92 Å². The van der Waals surface area contributed by atoms with Crippen LogP contribution in [0.1, 0.15) is 29.7 Å². The van der Waals surface area contributed by atoms with Gasteiger partial charge in [0.15, 0.2) is 9.84 Å². The molecule has 1 saturated carbocycles. The van der Waals surface area contributed by atoms with Gasteiger partial charge in [-0.25, -0.2) is 13.4 Å². The molecule has 0 radical (unpaired) electrons. The Bertz CT molecular complexity index is 432. The summed E-state index contributed by atoms with van der Waals surface area (Å²) in [4.78, 5) is 5.05. The third-order valence-electron chi connectivity index (χ3n) is 2.45. The van der Waals surface area contributed by atoms with Gasteiger partial charge in [0.1, 0.15) is 0 Å². The fourth-order valence-corrected chi connectivity index (χ4v) is 4.61. The minimum absolute atomic E-state index is 0.182. The summed E-state index contributed by atoms with van der Waals surface area (Å²) < 4.78 is 23.5. The van der Waals surface area contributed by atoms with E-state index in [0.29, 0.717) is 11.7 Å². The van der Waals surface area contributed by atoms with Gasteiger partial charge in [-0.15, -0.1) is 11.3 Å². The zero-order valence-corrected chi connectivity index (χ0v) is 10.4. The summed E-state index contributed by atoms with van der Waals surface area (Å²) in [7, 11) is -2.90. The maximum atomic E-state index is 11.7. The first-order chi connectivity index (χ1) is 7.09. The van der Waals surface area contributed by atoms with Crippen molar-refractivity contribution in [2.45, 2.75) is 31.9 Å². The molecule has 1 heterocycles. The summed E-state index contributed by atoms with van der Waals surface area (Å²) in [5.74, 6) is 0.988. The van der Waals surface area contributed by atoms with Gasteiger partial charge in [-0.05, 0) is 25.2 Å². The van der Waals surface area contributed by atoms with E-state index in [1.807, 2.05) is 6.92 Å². The molecule has 0 unspecified atom stereocenters. The maximum Gasteiger partial charge on any atom is 0.155 e. The number of hydrogen-bond acceptors (Lipinski definition) is 4. The molecule has 1 aliphatic rings. The Hall–Kier alpha value is -0.420. The van der Waals surface area contributed by atoms with Crippen LogP contribution in [0.3, 0.4) is 0 Å².